The van der Waals surface area contributed by atoms with Crippen molar-refractivity contribution in [3.63, 3.8) is 0 Å². The Balaban J connectivity index is 1.80. The monoisotopic (exact) mass is 352 g/mol. The van der Waals surface area contributed by atoms with Crippen molar-refractivity contribution >= 4 is 29.2 Å². The summed E-state index contributed by atoms with van der Waals surface area (Å²) >= 11 is 0. The van der Waals surface area contributed by atoms with Gasteiger partial charge >= 0.3 is 5.97 Å². The molecule has 1 atom stereocenters. The number of carboxylic acids is 1. The lowest BCUT2D eigenvalue weighted by Gasteiger charge is -2.26. The van der Waals surface area contributed by atoms with Crippen molar-refractivity contribution in [3.8, 4) is 0 Å². The maximum atomic E-state index is 12.6. The summed E-state index contributed by atoms with van der Waals surface area (Å²) < 4.78 is 0. The van der Waals surface area contributed by atoms with Crippen LogP contribution in [0.15, 0.2) is 42.5 Å². The first-order valence-corrected chi connectivity index (χ1v) is 8.40. The summed E-state index contributed by atoms with van der Waals surface area (Å²) in [6.45, 7) is 1.60. The SMILES string of the molecule is CC(C(=O)O)c1cccc(NC(=O)c2ccc3c(c2)CCC(=O)N3C)c1. The molecule has 2 amide bonds. The second-order valence-electron chi connectivity index (χ2n) is 6.44. The Hall–Kier alpha value is -3.15. The molecule has 0 saturated carbocycles. The Labute approximate surface area is 151 Å². The quantitative estimate of drug-likeness (QED) is 0.885. The second kappa shape index (κ2) is 7.00. The highest BCUT2D eigenvalue weighted by molar-refractivity contribution is 6.05. The maximum absolute atomic E-state index is 12.6. The van der Waals surface area contributed by atoms with E-state index in [-0.39, 0.29) is 11.8 Å². The third-order valence-electron chi connectivity index (χ3n) is 4.70. The van der Waals surface area contributed by atoms with Crippen molar-refractivity contribution < 1.29 is 19.5 Å². The third-order valence-corrected chi connectivity index (χ3v) is 4.70. The number of carboxylic acid groups (broad SMARTS) is 1. The van der Waals surface area contributed by atoms with Crippen LogP contribution in [0.25, 0.3) is 0 Å². The molecule has 6 heteroatoms. The Kier molecular flexibility index (Phi) is 4.75. The first kappa shape index (κ1) is 17.7. The number of fused-ring (bicyclic) bond motifs is 1. The van der Waals surface area contributed by atoms with Crippen LogP contribution >= 0.6 is 0 Å². The predicted molar refractivity (Wildman–Crippen MR) is 98.6 cm³/mol. The van der Waals surface area contributed by atoms with Crippen molar-refractivity contribution in [3.05, 3.63) is 59.2 Å². The van der Waals surface area contributed by atoms with Crippen LogP contribution in [0.1, 0.15) is 40.7 Å². The smallest absolute Gasteiger partial charge is 0.310 e. The lowest BCUT2D eigenvalue weighted by molar-refractivity contribution is -0.138. The highest BCUT2D eigenvalue weighted by atomic mass is 16.4. The van der Waals surface area contributed by atoms with E-state index < -0.39 is 11.9 Å². The number of hydrogen-bond acceptors (Lipinski definition) is 3. The molecule has 0 radical (unpaired) electrons. The van der Waals surface area contributed by atoms with Gasteiger partial charge in [0.2, 0.25) is 5.91 Å². The van der Waals surface area contributed by atoms with Gasteiger partial charge in [0, 0.05) is 30.4 Å². The zero-order chi connectivity index (χ0) is 18.8. The molecule has 0 aliphatic carbocycles. The van der Waals surface area contributed by atoms with Crippen LogP contribution in [0.2, 0.25) is 0 Å². The van der Waals surface area contributed by atoms with Crippen LogP contribution in [0.5, 0.6) is 0 Å². The molecular formula is C20H20N2O4. The van der Waals surface area contributed by atoms with E-state index in [0.717, 1.165) is 11.3 Å². The number of amides is 2. The molecule has 2 aromatic rings. The Morgan fingerprint density at radius 1 is 1.15 bits per heavy atom. The molecule has 0 saturated heterocycles. The lowest BCUT2D eigenvalue weighted by atomic mass is 9.98. The van der Waals surface area contributed by atoms with Crippen LogP contribution in [0.3, 0.4) is 0 Å². The van der Waals surface area contributed by atoms with E-state index in [9.17, 15) is 14.4 Å². The summed E-state index contributed by atoms with van der Waals surface area (Å²) in [4.78, 5) is 37.0. The van der Waals surface area contributed by atoms with E-state index in [1.165, 1.54) is 0 Å². The van der Waals surface area contributed by atoms with Crippen LogP contribution in [-0.2, 0) is 16.0 Å². The van der Waals surface area contributed by atoms with Gasteiger partial charge in [0.25, 0.3) is 5.91 Å². The van der Waals surface area contributed by atoms with Gasteiger partial charge < -0.3 is 15.3 Å². The number of benzene rings is 2. The molecule has 0 bridgehead atoms. The number of aliphatic carboxylic acids is 1. The number of carbonyl (C=O) groups excluding carboxylic acids is 2. The molecule has 1 heterocycles. The zero-order valence-corrected chi connectivity index (χ0v) is 14.7. The molecule has 1 aliphatic rings. The lowest BCUT2D eigenvalue weighted by Crippen LogP contribution is -2.31. The Bertz CT molecular complexity index is 891. The van der Waals surface area contributed by atoms with Crippen LogP contribution in [0, 0.1) is 0 Å². The van der Waals surface area contributed by atoms with E-state index >= 15 is 0 Å². The third kappa shape index (κ3) is 3.44. The van der Waals surface area contributed by atoms with Gasteiger partial charge in [-0.1, -0.05) is 12.1 Å². The number of aryl methyl sites for hydroxylation is 1. The van der Waals surface area contributed by atoms with Crippen molar-refractivity contribution in [2.75, 3.05) is 17.3 Å². The van der Waals surface area contributed by atoms with E-state index in [1.807, 2.05) is 0 Å². The van der Waals surface area contributed by atoms with Crippen LogP contribution < -0.4 is 10.2 Å². The predicted octanol–water partition coefficient (Wildman–Crippen LogP) is 3.04. The van der Waals surface area contributed by atoms with Gasteiger partial charge in [-0.15, -0.1) is 0 Å². The van der Waals surface area contributed by atoms with Gasteiger partial charge in [-0.25, -0.2) is 0 Å². The summed E-state index contributed by atoms with van der Waals surface area (Å²) in [6.07, 6.45) is 1.05. The van der Waals surface area contributed by atoms with Crippen molar-refractivity contribution in [2.24, 2.45) is 0 Å². The van der Waals surface area contributed by atoms with Crippen molar-refractivity contribution in [1.29, 1.82) is 0 Å². The first-order chi connectivity index (χ1) is 12.4. The first-order valence-electron chi connectivity index (χ1n) is 8.40. The van der Waals surface area contributed by atoms with Gasteiger partial charge in [0.05, 0.1) is 5.92 Å². The molecule has 1 unspecified atom stereocenters. The average Bonchev–Trinajstić information content (AvgIpc) is 2.64. The Morgan fingerprint density at radius 2 is 1.92 bits per heavy atom. The van der Waals surface area contributed by atoms with E-state index in [1.54, 1.807) is 61.3 Å². The standard InChI is InChI=1S/C20H20N2O4/c1-12(20(25)26)13-4-3-5-16(11-13)21-19(24)15-6-8-17-14(10-15)7-9-18(23)22(17)2/h3-6,8,10-12H,7,9H2,1-2H3,(H,21,24)(H,25,26). The number of rotatable bonds is 4. The molecule has 0 spiro atoms. The molecule has 2 N–H and O–H groups in total. The number of carbonyl (C=O) groups is 3. The minimum atomic E-state index is -0.915. The van der Waals surface area contributed by atoms with E-state index in [0.29, 0.717) is 29.7 Å². The summed E-state index contributed by atoms with van der Waals surface area (Å²) in [5, 5.41) is 11.9. The fraction of sp³-hybridized carbons (Fsp3) is 0.250. The molecule has 26 heavy (non-hydrogen) atoms. The van der Waals surface area contributed by atoms with Crippen molar-refractivity contribution in [1.82, 2.24) is 0 Å². The van der Waals surface area contributed by atoms with Gasteiger partial charge in [-0.3, -0.25) is 14.4 Å². The highest BCUT2D eigenvalue weighted by Gasteiger charge is 2.22. The number of anilines is 2. The van der Waals surface area contributed by atoms with Gasteiger partial charge in [-0.2, -0.15) is 0 Å². The largest absolute Gasteiger partial charge is 0.481 e. The number of nitrogens with one attached hydrogen (secondary N) is 1. The van der Waals surface area contributed by atoms with Gasteiger partial charge in [0.15, 0.2) is 0 Å². The Morgan fingerprint density at radius 3 is 2.65 bits per heavy atom. The number of nitrogens with zero attached hydrogens (tertiary/aromatic N) is 1. The zero-order valence-electron chi connectivity index (χ0n) is 14.7. The fourth-order valence-electron chi connectivity index (χ4n) is 3.03. The second-order valence-corrected chi connectivity index (χ2v) is 6.44. The topological polar surface area (TPSA) is 86.7 Å². The minimum Gasteiger partial charge on any atom is -0.481 e. The minimum absolute atomic E-state index is 0.0686. The molecular weight excluding hydrogens is 332 g/mol. The summed E-state index contributed by atoms with van der Waals surface area (Å²) in [6, 6.07) is 12.1. The molecule has 134 valence electrons. The molecule has 6 nitrogen and oxygen atoms in total. The van der Waals surface area contributed by atoms with E-state index in [2.05, 4.69) is 5.32 Å². The fourth-order valence-corrected chi connectivity index (χ4v) is 3.03. The molecule has 0 fully saturated rings. The summed E-state index contributed by atoms with van der Waals surface area (Å²) in [5.74, 6) is -1.77. The van der Waals surface area contributed by atoms with Crippen LogP contribution in [0.4, 0.5) is 11.4 Å². The normalized spacial score (nSPS) is 14.5. The maximum Gasteiger partial charge on any atom is 0.310 e. The highest BCUT2D eigenvalue weighted by Crippen LogP contribution is 2.28. The molecule has 3 rings (SSSR count). The van der Waals surface area contributed by atoms with Crippen molar-refractivity contribution in [2.45, 2.75) is 25.7 Å². The molecule has 0 aromatic heterocycles. The van der Waals surface area contributed by atoms with Crippen LogP contribution in [-0.4, -0.2) is 29.9 Å². The van der Waals surface area contributed by atoms with Gasteiger partial charge in [0.1, 0.15) is 0 Å². The average molecular weight is 352 g/mol. The summed E-state index contributed by atoms with van der Waals surface area (Å²) in [5.41, 5.74) is 3.47. The molecule has 1 aliphatic heterocycles. The summed E-state index contributed by atoms with van der Waals surface area (Å²) in [7, 11) is 1.73. The molecule has 2 aromatic carbocycles. The van der Waals surface area contributed by atoms with Gasteiger partial charge in [-0.05, 0) is 54.8 Å². The van der Waals surface area contributed by atoms with E-state index in [4.69, 9.17) is 5.11 Å². The number of hydrogen-bond donors (Lipinski definition) is 2.